The molecule has 0 bridgehead atoms. The summed E-state index contributed by atoms with van der Waals surface area (Å²) in [6.45, 7) is 0. The molecule has 7 rings (SSSR count). The monoisotopic (exact) mass is 706 g/mol. The highest BCUT2D eigenvalue weighted by atomic mass is 16.2. The molecule has 0 saturated carbocycles. The van der Waals surface area contributed by atoms with Crippen molar-refractivity contribution >= 4 is 80.1 Å². The molecule has 0 aliphatic carbocycles. The number of benzene rings is 7. The predicted octanol–water partition coefficient (Wildman–Crippen LogP) is 9.80. The van der Waals surface area contributed by atoms with Gasteiger partial charge in [-0.2, -0.15) is 0 Å². The lowest BCUT2D eigenvalue weighted by molar-refractivity contribution is -0.112. The summed E-state index contributed by atoms with van der Waals surface area (Å²) >= 11 is 0. The van der Waals surface area contributed by atoms with Gasteiger partial charge in [0.1, 0.15) is 0 Å². The molecule has 0 saturated heterocycles. The van der Waals surface area contributed by atoms with Crippen LogP contribution in [0.2, 0.25) is 0 Å². The zero-order valence-corrected chi connectivity index (χ0v) is 29.0. The van der Waals surface area contributed by atoms with Gasteiger partial charge in [0.05, 0.1) is 22.5 Å². The van der Waals surface area contributed by atoms with E-state index < -0.39 is 11.8 Å². The number of nitrogens with one attached hydrogen (secondary N) is 4. The first-order valence-corrected chi connectivity index (χ1v) is 17.2. The van der Waals surface area contributed by atoms with E-state index in [1.807, 2.05) is 109 Å². The van der Waals surface area contributed by atoms with Crippen molar-refractivity contribution in [1.29, 1.82) is 0 Å². The zero-order chi connectivity index (χ0) is 37.3. The van der Waals surface area contributed by atoms with Crippen molar-refractivity contribution < 1.29 is 19.2 Å². The molecule has 0 aliphatic rings. The number of carbonyl (C=O) groups is 4. The minimum absolute atomic E-state index is 0.334. The topological polar surface area (TPSA) is 116 Å². The molecule has 4 N–H and O–H groups in total. The molecule has 7 aromatic rings. The van der Waals surface area contributed by atoms with Crippen molar-refractivity contribution in [2.75, 3.05) is 21.3 Å². The molecule has 0 atom stereocenters. The molecule has 0 radical (unpaired) electrons. The maximum absolute atomic E-state index is 13.2. The summed E-state index contributed by atoms with van der Waals surface area (Å²) in [6.07, 6.45) is 6.11. The second-order valence-corrected chi connectivity index (χ2v) is 12.4. The number of carbonyl (C=O) groups excluding carboxylic acids is 4. The minimum atomic E-state index is -0.396. The largest absolute Gasteiger partial charge is 0.322 e. The zero-order valence-electron chi connectivity index (χ0n) is 29.0. The Labute approximate surface area is 311 Å². The molecule has 0 fully saturated rings. The average Bonchev–Trinajstić information content (AvgIpc) is 3.20. The normalized spacial score (nSPS) is 11.1. The number of rotatable bonds is 10. The van der Waals surface area contributed by atoms with Gasteiger partial charge in [0.25, 0.3) is 11.8 Å². The van der Waals surface area contributed by atoms with Gasteiger partial charge in [-0.15, -0.1) is 0 Å². The molecule has 0 aromatic heterocycles. The third-order valence-electron chi connectivity index (χ3n) is 8.66. The van der Waals surface area contributed by atoms with Crippen LogP contribution in [0.15, 0.2) is 170 Å². The van der Waals surface area contributed by atoms with Crippen LogP contribution in [0.4, 0.5) is 22.7 Å². The fraction of sp³-hybridized carbons (Fsp3) is 0. The molecular formula is C46H34N4O4. The average molecular weight is 707 g/mol. The Bertz CT molecular complexity index is 2410. The van der Waals surface area contributed by atoms with Crippen LogP contribution in [-0.4, -0.2) is 23.6 Å². The van der Waals surface area contributed by atoms with Crippen LogP contribution >= 0.6 is 0 Å². The summed E-state index contributed by atoms with van der Waals surface area (Å²) < 4.78 is 0. The van der Waals surface area contributed by atoms with E-state index in [0.717, 1.165) is 32.7 Å². The summed E-state index contributed by atoms with van der Waals surface area (Å²) in [7, 11) is 0. The van der Waals surface area contributed by atoms with E-state index in [9.17, 15) is 19.2 Å². The van der Waals surface area contributed by atoms with Crippen molar-refractivity contribution in [2.45, 2.75) is 0 Å². The van der Waals surface area contributed by atoms with Crippen LogP contribution in [0, 0.1) is 0 Å². The summed E-state index contributed by atoms with van der Waals surface area (Å²) in [5, 5.41) is 15.6. The first-order valence-electron chi connectivity index (χ1n) is 17.2. The van der Waals surface area contributed by atoms with Crippen molar-refractivity contribution in [3.05, 3.63) is 192 Å². The number of para-hydroxylation sites is 2. The summed E-state index contributed by atoms with van der Waals surface area (Å²) in [5.74, 6) is -1.47. The van der Waals surface area contributed by atoms with Crippen LogP contribution in [0.1, 0.15) is 31.8 Å². The van der Waals surface area contributed by atoms with E-state index in [0.29, 0.717) is 33.9 Å². The second-order valence-electron chi connectivity index (χ2n) is 12.4. The molecule has 0 aliphatic heterocycles. The molecule has 4 amide bonds. The second kappa shape index (κ2) is 16.2. The Kier molecular flexibility index (Phi) is 10.4. The predicted molar refractivity (Wildman–Crippen MR) is 218 cm³/mol. The molecule has 0 spiro atoms. The first-order chi connectivity index (χ1) is 26.4. The molecule has 7 aromatic carbocycles. The van der Waals surface area contributed by atoms with Gasteiger partial charge in [0, 0.05) is 23.5 Å². The number of fused-ring (bicyclic) bond motifs is 2. The number of hydrogen-bond acceptors (Lipinski definition) is 4. The van der Waals surface area contributed by atoms with E-state index in [1.54, 1.807) is 60.7 Å². The minimum Gasteiger partial charge on any atom is -0.322 e. The van der Waals surface area contributed by atoms with Gasteiger partial charge in [-0.1, -0.05) is 109 Å². The highest BCUT2D eigenvalue weighted by Gasteiger charge is 2.14. The molecule has 0 heterocycles. The van der Waals surface area contributed by atoms with Crippen molar-refractivity contribution in [2.24, 2.45) is 0 Å². The van der Waals surface area contributed by atoms with Gasteiger partial charge < -0.3 is 21.3 Å². The van der Waals surface area contributed by atoms with Crippen molar-refractivity contribution in [1.82, 2.24) is 0 Å². The number of anilines is 4. The Morgan fingerprint density at radius 1 is 0.370 bits per heavy atom. The van der Waals surface area contributed by atoms with Crippen molar-refractivity contribution in [3.8, 4) is 0 Å². The molecule has 0 unspecified atom stereocenters. The molecule has 8 heteroatoms. The number of hydrogen-bond donors (Lipinski definition) is 4. The van der Waals surface area contributed by atoms with Crippen LogP contribution in [-0.2, 0) is 9.59 Å². The third kappa shape index (κ3) is 8.65. The lowest BCUT2D eigenvalue weighted by Crippen LogP contribution is -2.17. The molecular weight excluding hydrogens is 673 g/mol. The lowest BCUT2D eigenvalue weighted by Gasteiger charge is -2.11. The van der Waals surface area contributed by atoms with Crippen LogP contribution in [0.5, 0.6) is 0 Å². The fourth-order valence-electron chi connectivity index (χ4n) is 5.92. The third-order valence-corrected chi connectivity index (χ3v) is 8.66. The standard InChI is InChI=1S/C46H34N4O4/c51-43(49-41-15-7-5-13-39(41)45(53)47-37-25-23-33-9-1-3-11-35(33)29-37)27-21-31-17-19-32(20-18-31)22-28-44(52)50-42-16-8-6-14-40(42)46(54)48-38-26-24-34-10-2-4-12-36(34)30-38/h1-30H,(H,47,53)(H,48,54)(H,49,51)(H,50,52)/b27-21+,28-22+. The molecule has 262 valence electrons. The van der Waals surface area contributed by atoms with Crippen LogP contribution in [0.3, 0.4) is 0 Å². The fourth-order valence-corrected chi connectivity index (χ4v) is 5.92. The van der Waals surface area contributed by atoms with Gasteiger partial charge in [-0.05, 0) is 93.4 Å². The van der Waals surface area contributed by atoms with E-state index in [-0.39, 0.29) is 11.8 Å². The number of amides is 4. The van der Waals surface area contributed by atoms with Crippen molar-refractivity contribution in [3.63, 3.8) is 0 Å². The SMILES string of the molecule is O=C(/C=C/c1ccc(/C=C/C(=O)Nc2ccccc2C(=O)Nc2ccc3ccccc3c2)cc1)Nc1ccccc1C(=O)Nc1ccc2ccccc2c1. The van der Waals surface area contributed by atoms with Crippen LogP contribution in [0.25, 0.3) is 33.7 Å². The van der Waals surface area contributed by atoms with Gasteiger partial charge in [0.2, 0.25) is 11.8 Å². The van der Waals surface area contributed by atoms with Gasteiger partial charge in [-0.25, -0.2) is 0 Å². The van der Waals surface area contributed by atoms with Gasteiger partial charge >= 0.3 is 0 Å². The summed E-state index contributed by atoms with van der Waals surface area (Å²) in [6, 6.07) is 48.1. The lowest BCUT2D eigenvalue weighted by atomic mass is 10.1. The van der Waals surface area contributed by atoms with E-state index in [4.69, 9.17) is 0 Å². The first kappa shape index (κ1) is 34.9. The highest BCUT2D eigenvalue weighted by Crippen LogP contribution is 2.23. The van der Waals surface area contributed by atoms with E-state index in [2.05, 4.69) is 21.3 Å². The Hall–Kier alpha value is -7.58. The summed E-state index contributed by atoms with van der Waals surface area (Å²) in [4.78, 5) is 52.0. The van der Waals surface area contributed by atoms with Gasteiger partial charge in [0.15, 0.2) is 0 Å². The quantitative estimate of drug-likeness (QED) is 0.106. The maximum atomic E-state index is 13.2. The summed E-state index contributed by atoms with van der Waals surface area (Å²) in [5.41, 5.74) is 4.28. The molecule has 54 heavy (non-hydrogen) atoms. The van der Waals surface area contributed by atoms with E-state index in [1.165, 1.54) is 12.2 Å². The Morgan fingerprint density at radius 2 is 0.741 bits per heavy atom. The highest BCUT2D eigenvalue weighted by molar-refractivity contribution is 6.13. The Morgan fingerprint density at radius 3 is 1.17 bits per heavy atom. The van der Waals surface area contributed by atoms with Gasteiger partial charge in [-0.3, -0.25) is 19.2 Å². The van der Waals surface area contributed by atoms with Crippen LogP contribution < -0.4 is 21.3 Å². The smallest absolute Gasteiger partial charge is 0.257 e. The Balaban J connectivity index is 0.931. The maximum Gasteiger partial charge on any atom is 0.257 e. The van der Waals surface area contributed by atoms with E-state index >= 15 is 0 Å². The molecule has 8 nitrogen and oxygen atoms in total.